The van der Waals surface area contributed by atoms with Crippen LogP contribution in [0, 0.1) is 5.92 Å². The lowest BCUT2D eigenvalue weighted by Crippen LogP contribution is -2.48. The standard InChI is InChI=1S/C20H35N5.HI/c1-15(2)25-13-16(3)18(14-25)23-20(21-4)22-12-19(24(5)6)17-10-8-7-9-11-17;/h7-11,15-16,18-19H,12-14H2,1-6H3,(H2,21,22,23);1H. The third-order valence-electron chi connectivity index (χ3n) is 5.19. The van der Waals surface area contributed by atoms with E-state index in [9.17, 15) is 0 Å². The number of benzene rings is 1. The number of guanidine groups is 1. The molecule has 148 valence electrons. The molecule has 1 heterocycles. The third kappa shape index (κ3) is 6.39. The Kier molecular flexibility index (Phi) is 9.89. The number of nitrogens with one attached hydrogen (secondary N) is 2. The van der Waals surface area contributed by atoms with Crippen molar-refractivity contribution < 1.29 is 0 Å². The van der Waals surface area contributed by atoms with Crippen LogP contribution in [0.2, 0.25) is 0 Å². The van der Waals surface area contributed by atoms with Gasteiger partial charge in [-0.2, -0.15) is 0 Å². The van der Waals surface area contributed by atoms with Crippen LogP contribution < -0.4 is 10.6 Å². The van der Waals surface area contributed by atoms with Crippen LogP contribution in [0.25, 0.3) is 0 Å². The maximum Gasteiger partial charge on any atom is 0.191 e. The molecule has 1 saturated heterocycles. The number of rotatable bonds is 6. The van der Waals surface area contributed by atoms with Crippen LogP contribution >= 0.6 is 24.0 Å². The number of hydrogen-bond acceptors (Lipinski definition) is 3. The van der Waals surface area contributed by atoms with Crippen LogP contribution in [-0.2, 0) is 0 Å². The van der Waals surface area contributed by atoms with E-state index in [-0.39, 0.29) is 24.0 Å². The number of hydrogen-bond donors (Lipinski definition) is 2. The average molecular weight is 473 g/mol. The van der Waals surface area contributed by atoms with Crippen molar-refractivity contribution in [1.29, 1.82) is 0 Å². The molecule has 1 aromatic carbocycles. The summed E-state index contributed by atoms with van der Waals surface area (Å²) in [6, 6.07) is 12.0. The molecule has 0 bridgehead atoms. The SMILES string of the molecule is CN=C(NCC(c1ccccc1)N(C)C)NC1CN(C(C)C)CC1C.I. The largest absolute Gasteiger partial charge is 0.354 e. The smallest absolute Gasteiger partial charge is 0.191 e. The van der Waals surface area contributed by atoms with Gasteiger partial charge in [-0.3, -0.25) is 9.89 Å². The van der Waals surface area contributed by atoms with E-state index in [1.165, 1.54) is 5.56 Å². The highest BCUT2D eigenvalue weighted by atomic mass is 127. The Bertz CT molecular complexity index is 546. The Morgan fingerprint density at radius 1 is 1.23 bits per heavy atom. The second-order valence-electron chi connectivity index (χ2n) is 7.62. The fourth-order valence-electron chi connectivity index (χ4n) is 3.45. The number of likely N-dealkylation sites (N-methyl/N-ethyl adjacent to an activating group) is 1. The van der Waals surface area contributed by atoms with E-state index in [4.69, 9.17) is 0 Å². The number of nitrogens with zero attached hydrogens (tertiary/aromatic N) is 3. The van der Waals surface area contributed by atoms with Gasteiger partial charge in [-0.25, -0.2) is 0 Å². The van der Waals surface area contributed by atoms with Crippen molar-refractivity contribution in [2.24, 2.45) is 10.9 Å². The van der Waals surface area contributed by atoms with Crippen LogP contribution in [0.4, 0.5) is 0 Å². The van der Waals surface area contributed by atoms with E-state index in [1.807, 2.05) is 7.05 Å². The molecule has 0 radical (unpaired) electrons. The molecule has 1 fully saturated rings. The molecule has 26 heavy (non-hydrogen) atoms. The van der Waals surface area contributed by atoms with Crippen LogP contribution in [0.15, 0.2) is 35.3 Å². The average Bonchev–Trinajstić information content (AvgIpc) is 2.95. The Morgan fingerprint density at radius 3 is 2.38 bits per heavy atom. The minimum atomic E-state index is 0. The van der Waals surface area contributed by atoms with Crippen molar-refractivity contribution in [3.63, 3.8) is 0 Å². The molecular weight excluding hydrogens is 437 g/mol. The van der Waals surface area contributed by atoms with Gasteiger partial charge in [0.15, 0.2) is 5.96 Å². The molecule has 1 aromatic rings. The zero-order valence-electron chi connectivity index (χ0n) is 17.1. The summed E-state index contributed by atoms with van der Waals surface area (Å²) in [7, 11) is 6.09. The van der Waals surface area contributed by atoms with Crippen molar-refractivity contribution >= 4 is 29.9 Å². The van der Waals surface area contributed by atoms with E-state index in [0.717, 1.165) is 25.6 Å². The lowest BCUT2D eigenvalue weighted by molar-refractivity contribution is 0.265. The van der Waals surface area contributed by atoms with Crippen LogP contribution in [-0.4, -0.2) is 68.6 Å². The summed E-state index contributed by atoms with van der Waals surface area (Å²) in [5.41, 5.74) is 1.32. The highest BCUT2D eigenvalue weighted by Crippen LogP contribution is 2.19. The molecule has 3 atom stereocenters. The fraction of sp³-hybridized carbons (Fsp3) is 0.650. The van der Waals surface area contributed by atoms with E-state index in [0.29, 0.717) is 24.0 Å². The lowest BCUT2D eigenvalue weighted by Gasteiger charge is -2.27. The van der Waals surface area contributed by atoms with Gasteiger partial charge in [-0.15, -0.1) is 24.0 Å². The van der Waals surface area contributed by atoms with Crippen LogP contribution in [0.1, 0.15) is 32.4 Å². The number of likely N-dealkylation sites (tertiary alicyclic amines) is 1. The Hall–Kier alpha value is -0.860. The quantitative estimate of drug-likeness (QED) is 0.379. The number of aliphatic imine (C=N–C) groups is 1. The first kappa shape index (κ1) is 23.2. The molecule has 2 rings (SSSR count). The van der Waals surface area contributed by atoms with Crippen molar-refractivity contribution in [3.8, 4) is 0 Å². The van der Waals surface area contributed by atoms with Gasteiger partial charge in [0.1, 0.15) is 0 Å². The topological polar surface area (TPSA) is 42.9 Å². The molecule has 0 aromatic heterocycles. The normalized spacial score (nSPS) is 22.4. The predicted molar refractivity (Wildman–Crippen MR) is 122 cm³/mol. The molecule has 6 heteroatoms. The molecule has 0 saturated carbocycles. The summed E-state index contributed by atoms with van der Waals surface area (Å²) in [6.45, 7) is 9.91. The molecule has 2 N–H and O–H groups in total. The molecular formula is C20H36IN5. The second-order valence-corrected chi connectivity index (χ2v) is 7.62. The summed E-state index contributed by atoms with van der Waals surface area (Å²) in [4.78, 5) is 9.21. The molecule has 3 unspecified atom stereocenters. The molecule has 0 amide bonds. The Morgan fingerprint density at radius 2 is 1.88 bits per heavy atom. The van der Waals surface area contributed by atoms with E-state index < -0.39 is 0 Å². The molecule has 0 aliphatic carbocycles. The second kappa shape index (κ2) is 11.1. The van der Waals surface area contributed by atoms with Crippen molar-refractivity contribution in [2.45, 2.75) is 38.9 Å². The third-order valence-corrected chi connectivity index (χ3v) is 5.19. The lowest BCUT2D eigenvalue weighted by atomic mass is 10.1. The molecule has 1 aliphatic rings. The summed E-state index contributed by atoms with van der Waals surface area (Å²) in [5.74, 6) is 1.52. The summed E-state index contributed by atoms with van der Waals surface area (Å²) in [5, 5.41) is 7.14. The van der Waals surface area contributed by atoms with Gasteiger partial charge >= 0.3 is 0 Å². The molecule has 5 nitrogen and oxygen atoms in total. The van der Waals surface area contributed by atoms with Crippen LogP contribution in [0.5, 0.6) is 0 Å². The maximum atomic E-state index is 4.44. The van der Waals surface area contributed by atoms with Gasteiger partial charge in [0, 0.05) is 38.8 Å². The monoisotopic (exact) mass is 473 g/mol. The van der Waals surface area contributed by atoms with E-state index in [2.05, 4.69) is 90.6 Å². The highest BCUT2D eigenvalue weighted by Gasteiger charge is 2.31. The van der Waals surface area contributed by atoms with Crippen LogP contribution in [0.3, 0.4) is 0 Å². The Labute approximate surface area is 176 Å². The van der Waals surface area contributed by atoms with Gasteiger partial charge in [-0.1, -0.05) is 37.3 Å². The fourth-order valence-corrected chi connectivity index (χ4v) is 3.45. The van der Waals surface area contributed by atoms with Crippen molar-refractivity contribution in [2.75, 3.05) is 40.8 Å². The van der Waals surface area contributed by atoms with Gasteiger partial charge in [0.05, 0.1) is 6.04 Å². The predicted octanol–water partition coefficient (Wildman–Crippen LogP) is 2.80. The summed E-state index contributed by atoms with van der Waals surface area (Å²) < 4.78 is 0. The zero-order valence-corrected chi connectivity index (χ0v) is 19.4. The Balaban J connectivity index is 0.00000338. The number of halogens is 1. The molecule has 1 aliphatic heterocycles. The zero-order chi connectivity index (χ0) is 18.4. The van der Waals surface area contributed by atoms with E-state index in [1.54, 1.807) is 0 Å². The minimum Gasteiger partial charge on any atom is -0.354 e. The summed E-state index contributed by atoms with van der Waals surface area (Å²) >= 11 is 0. The first-order valence-corrected chi connectivity index (χ1v) is 9.35. The van der Waals surface area contributed by atoms with Gasteiger partial charge in [0.25, 0.3) is 0 Å². The van der Waals surface area contributed by atoms with E-state index >= 15 is 0 Å². The highest BCUT2D eigenvalue weighted by molar-refractivity contribution is 14.0. The van der Waals surface area contributed by atoms with Gasteiger partial charge in [0.2, 0.25) is 0 Å². The molecule has 0 spiro atoms. The minimum absolute atomic E-state index is 0. The first-order chi connectivity index (χ1) is 11.9. The first-order valence-electron chi connectivity index (χ1n) is 9.35. The van der Waals surface area contributed by atoms with Crippen molar-refractivity contribution in [1.82, 2.24) is 20.4 Å². The van der Waals surface area contributed by atoms with Gasteiger partial charge in [-0.05, 0) is 39.4 Å². The van der Waals surface area contributed by atoms with Gasteiger partial charge < -0.3 is 15.5 Å². The summed E-state index contributed by atoms with van der Waals surface area (Å²) in [6.07, 6.45) is 0. The van der Waals surface area contributed by atoms with Crippen molar-refractivity contribution in [3.05, 3.63) is 35.9 Å². The maximum absolute atomic E-state index is 4.44.